The van der Waals surface area contributed by atoms with Gasteiger partial charge in [-0.3, -0.25) is 24.2 Å². The van der Waals surface area contributed by atoms with Crippen molar-refractivity contribution in [2.24, 2.45) is 0 Å². The standard InChI is InChI=1S/C26H30ClFN2O5/c1-3-10-29(22(15-26(33)34)19-5-6-20(27)21(28)14-19)16-18-4-7-23(17(2)13-18)35-12-11-30-24(31)8-9-25(30)32/h4-7,13-14,22H,3,8-12,15-16H2,1-2H3,(H,33,34). The molecule has 2 amide bonds. The lowest BCUT2D eigenvalue weighted by atomic mass is 10.00. The van der Waals surface area contributed by atoms with Crippen LogP contribution in [0, 0.1) is 12.7 Å². The quantitative estimate of drug-likeness (QED) is 0.420. The van der Waals surface area contributed by atoms with E-state index in [2.05, 4.69) is 0 Å². The Morgan fingerprint density at radius 1 is 1.20 bits per heavy atom. The summed E-state index contributed by atoms with van der Waals surface area (Å²) in [6.07, 6.45) is 1.13. The lowest BCUT2D eigenvalue weighted by molar-refractivity contribution is -0.140. The van der Waals surface area contributed by atoms with Gasteiger partial charge in [-0.2, -0.15) is 0 Å². The number of hydrogen-bond acceptors (Lipinski definition) is 5. The Morgan fingerprint density at radius 3 is 2.51 bits per heavy atom. The first kappa shape index (κ1) is 26.6. The molecule has 0 aliphatic carbocycles. The molecule has 1 saturated heterocycles. The van der Waals surface area contributed by atoms with Gasteiger partial charge in [-0.25, -0.2) is 4.39 Å². The van der Waals surface area contributed by atoms with E-state index in [0.29, 0.717) is 24.4 Å². The summed E-state index contributed by atoms with van der Waals surface area (Å²) in [7, 11) is 0. The van der Waals surface area contributed by atoms with Gasteiger partial charge >= 0.3 is 5.97 Å². The van der Waals surface area contributed by atoms with Crippen molar-refractivity contribution in [2.45, 2.75) is 52.1 Å². The van der Waals surface area contributed by atoms with E-state index in [9.17, 15) is 23.9 Å². The number of aliphatic carboxylic acids is 1. The molecule has 9 heteroatoms. The molecule has 35 heavy (non-hydrogen) atoms. The molecule has 0 bridgehead atoms. The van der Waals surface area contributed by atoms with Crippen molar-refractivity contribution in [3.05, 3.63) is 63.9 Å². The molecule has 2 aromatic rings. The van der Waals surface area contributed by atoms with E-state index in [4.69, 9.17) is 16.3 Å². The maximum Gasteiger partial charge on any atom is 0.305 e. The Balaban J connectivity index is 1.72. The second-order valence-electron chi connectivity index (χ2n) is 8.65. The molecule has 0 radical (unpaired) electrons. The SMILES string of the molecule is CCCN(Cc1ccc(OCCN2C(=O)CCC2=O)c(C)c1)C(CC(=O)O)c1ccc(Cl)c(F)c1. The van der Waals surface area contributed by atoms with Crippen LogP contribution in [0.25, 0.3) is 0 Å². The normalized spacial score (nSPS) is 14.6. The average molecular weight is 505 g/mol. The molecule has 1 aliphatic rings. The zero-order valence-corrected chi connectivity index (χ0v) is 20.7. The third kappa shape index (κ3) is 7.02. The van der Waals surface area contributed by atoms with Gasteiger partial charge in [-0.05, 0) is 54.8 Å². The summed E-state index contributed by atoms with van der Waals surface area (Å²) in [4.78, 5) is 38.3. The van der Waals surface area contributed by atoms with Crippen molar-refractivity contribution < 1.29 is 28.6 Å². The minimum absolute atomic E-state index is 0.00505. The zero-order valence-electron chi connectivity index (χ0n) is 19.9. The van der Waals surface area contributed by atoms with Crippen molar-refractivity contribution in [3.63, 3.8) is 0 Å². The number of carboxylic acid groups (broad SMARTS) is 1. The second kappa shape index (κ2) is 12.1. The molecule has 7 nitrogen and oxygen atoms in total. The smallest absolute Gasteiger partial charge is 0.305 e. The first-order valence-electron chi connectivity index (χ1n) is 11.7. The van der Waals surface area contributed by atoms with Gasteiger partial charge in [0.25, 0.3) is 0 Å². The van der Waals surface area contributed by atoms with Gasteiger partial charge in [0.15, 0.2) is 0 Å². The van der Waals surface area contributed by atoms with Gasteiger partial charge in [0.05, 0.1) is 18.0 Å². The molecule has 1 heterocycles. The van der Waals surface area contributed by atoms with Crippen molar-refractivity contribution in [3.8, 4) is 5.75 Å². The van der Waals surface area contributed by atoms with Gasteiger partial charge in [-0.15, -0.1) is 0 Å². The molecular formula is C26H30ClFN2O5. The number of amides is 2. The minimum atomic E-state index is -0.971. The van der Waals surface area contributed by atoms with E-state index < -0.39 is 17.8 Å². The molecule has 2 aromatic carbocycles. The number of likely N-dealkylation sites (tertiary alicyclic amines) is 1. The number of hydrogen-bond donors (Lipinski definition) is 1. The van der Waals surface area contributed by atoms with Gasteiger partial charge in [0, 0.05) is 25.4 Å². The Kier molecular flexibility index (Phi) is 9.23. The number of nitrogens with zero attached hydrogens (tertiary/aromatic N) is 2. The van der Waals surface area contributed by atoms with Crippen LogP contribution in [0.4, 0.5) is 4.39 Å². The molecule has 1 N–H and O–H groups in total. The summed E-state index contributed by atoms with van der Waals surface area (Å²) in [5, 5.41) is 9.51. The van der Waals surface area contributed by atoms with Crippen LogP contribution in [0.5, 0.6) is 5.75 Å². The third-order valence-corrected chi connectivity index (χ3v) is 6.31. The molecule has 1 fully saturated rings. The Bertz CT molecular complexity index is 1080. The van der Waals surface area contributed by atoms with Crippen LogP contribution in [0.3, 0.4) is 0 Å². The van der Waals surface area contributed by atoms with Gasteiger partial charge in [-0.1, -0.05) is 36.7 Å². The maximum atomic E-state index is 14.1. The van der Waals surface area contributed by atoms with E-state index in [0.717, 1.165) is 17.5 Å². The number of carbonyl (C=O) groups is 3. The highest BCUT2D eigenvalue weighted by Gasteiger charge is 2.28. The minimum Gasteiger partial charge on any atom is -0.491 e. The van der Waals surface area contributed by atoms with Crippen molar-refractivity contribution in [2.75, 3.05) is 19.7 Å². The molecule has 1 aliphatic heterocycles. The lowest BCUT2D eigenvalue weighted by Gasteiger charge is -2.31. The third-order valence-electron chi connectivity index (χ3n) is 6.00. The molecular weight excluding hydrogens is 475 g/mol. The van der Waals surface area contributed by atoms with E-state index in [1.54, 1.807) is 6.07 Å². The molecule has 0 spiro atoms. The fourth-order valence-corrected chi connectivity index (χ4v) is 4.42. The molecule has 3 rings (SSSR count). The molecule has 0 saturated carbocycles. The fraction of sp³-hybridized carbons (Fsp3) is 0.423. The largest absolute Gasteiger partial charge is 0.491 e. The Hall–Kier alpha value is -2.97. The van der Waals surface area contributed by atoms with Crippen LogP contribution in [0.1, 0.15) is 55.3 Å². The molecule has 188 valence electrons. The zero-order chi connectivity index (χ0) is 25.5. The number of imide groups is 1. The average Bonchev–Trinajstić information content (AvgIpc) is 3.12. The van der Waals surface area contributed by atoms with Crippen molar-refractivity contribution in [1.29, 1.82) is 0 Å². The van der Waals surface area contributed by atoms with Crippen LogP contribution < -0.4 is 4.74 Å². The first-order valence-corrected chi connectivity index (χ1v) is 12.0. The van der Waals surface area contributed by atoms with Crippen LogP contribution >= 0.6 is 11.6 Å². The highest BCUT2D eigenvalue weighted by atomic mass is 35.5. The number of halogens is 2. The predicted molar refractivity (Wildman–Crippen MR) is 130 cm³/mol. The van der Waals surface area contributed by atoms with E-state index in [1.165, 1.54) is 17.0 Å². The second-order valence-corrected chi connectivity index (χ2v) is 9.05. The summed E-state index contributed by atoms with van der Waals surface area (Å²) in [6, 6.07) is 9.59. The molecule has 1 atom stereocenters. The van der Waals surface area contributed by atoms with Crippen LogP contribution in [0.2, 0.25) is 5.02 Å². The van der Waals surface area contributed by atoms with E-state index >= 15 is 0 Å². The monoisotopic (exact) mass is 504 g/mol. The van der Waals surface area contributed by atoms with Crippen molar-refractivity contribution >= 4 is 29.4 Å². The lowest BCUT2D eigenvalue weighted by Crippen LogP contribution is -2.33. The van der Waals surface area contributed by atoms with Crippen molar-refractivity contribution in [1.82, 2.24) is 9.80 Å². The Morgan fingerprint density at radius 2 is 1.91 bits per heavy atom. The highest BCUT2D eigenvalue weighted by molar-refractivity contribution is 6.30. The van der Waals surface area contributed by atoms with Crippen LogP contribution in [0.15, 0.2) is 36.4 Å². The highest BCUT2D eigenvalue weighted by Crippen LogP contribution is 2.30. The first-order chi connectivity index (χ1) is 16.7. The van der Waals surface area contributed by atoms with Gasteiger partial charge < -0.3 is 9.84 Å². The summed E-state index contributed by atoms with van der Waals surface area (Å²) in [6.45, 7) is 5.43. The topological polar surface area (TPSA) is 87.2 Å². The number of aryl methyl sites for hydroxylation is 1. The maximum absolute atomic E-state index is 14.1. The van der Waals surface area contributed by atoms with E-state index in [-0.39, 0.29) is 49.3 Å². The van der Waals surface area contributed by atoms with E-state index in [1.807, 2.05) is 36.9 Å². The fourth-order valence-electron chi connectivity index (χ4n) is 4.30. The summed E-state index contributed by atoms with van der Waals surface area (Å²) in [5.74, 6) is -1.24. The molecule has 0 aromatic heterocycles. The number of ether oxygens (including phenoxy) is 1. The number of carboxylic acids is 1. The summed E-state index contributed by atoms with van der Waals surface area (Å²) >= 11 is 5.83. The number of benzene rings is 2. The summed E-state index contributed by atoms with van der Waals surface area (Å²) < 4.78 is 19.9. The van der Waals surface area contributed by atoms with Gasteiger partial charge in [0.1, 0.15) is 18.2 Å². The number of rotatable bonds is 12. The van der Waals surface area contributed by atoms with Crippen LogP contribution in [-0.2, 0) is 20.9 Å². The Labute approximate surface area is 209 Å². The van der Waals surface area contributed by atoms with Gasteiger partial charge in [0.2, 0.25) is 11.8 Å². The number of carbonyl (C=O) groups excluding carboxylic acids is 2. The van der Waals surface area contributed by atoms with Crippen LogP contribution in [-0.4, -0.2) is 52.4 Å². The predicted octanol–water partition coefficient (Wildman–Crippen LogP) is 4.74. The summed E-state index contributed by atoms with van der Waals surface area (Å²) in [5.41, 5.74) is 2.40. The molecule has 1 unspecified atom stereocenters.